The van der Waals surface area contributed by atoms with E-state index in [0.717, 1.165) is 11.3 Å². The van der Waals surface area contributed by atoms with Crippen LogP contribution in [0.1, 0.15) is 11.7 Å². The number of hydrogen-bond donors (Lipinski definition) is 3. The van der Waals surface area contributed by atoms with E-state index in [4.69, 9.17) is 4.74 Å². The van der Waals surface area contributed by atoms with Crippen molar-refractivity contribution in [3.8, 4) is 5.75 Å². The van der Waals surface area contributed by atoms with Gasteiger partial charge < -0.3 is 25.4 Å². The summed E-state index contributed by atoms with van der Waals surface area (Å²) in [5.74, 6) is 0.599. The summed E-state index contributed by atoms with van der Waals surface area (Å²) in [6.45, 7) is 1.01. The van der Waals surface area contributed by atoms with E-state index < -0.39 is 6.10 Å². The average Bonchev–Trinajstić information content (AvgIpc) is 2.65. The van der Waals surface area contributed by atoms with Crippen LogP contribution in [0.3, 0.4) is 0 Å². The van der Waals surface area contributed by atoms with Gasteiger partial charge in [-0.05, 0) is 43.9 Å². The third kappa shape index (κ3) is 6.06. The van der Waals surface area contributed by atoms with E-state index in [1.807, 2.05) is 49.3 Å². The van der Waals surface area contributed by atoms with Crippen molar-refractivity contribution in [3.63, 3.8) is 0 Å². The number of hydrogen-bond acceptors (Lipinski definition) is 4. The van der Waals surface area contributed by atoms with Crippen LogP contribution in [0.5, 0.6) is 5.75 Å². The zero-order valence-electron chi connectivity index (χ0n) is 15.5. The van der Waals surface area contributed by atoms with Crippen LogP contribution in [0.2, 0.25) is 0 Å². The molecule has 0 bridgehead atoms. The molecule has 2 atom stereocenters. The van der Waals surface area contributed by atoms with Gasteiger partial charge in [0, 0.05) is 24.7 Å². The number of nitrogens with one attached hydrogen (secondary N) is 2. The third-order valence-corrected chi connectivity index (χ3v) is 4.06. The number of anilines is 1. The van der Waals surface area contributed by atoms with Gasteiger partial charge in [-0.25, -0.2) is 4.79 Å². The first-order chi connectivity index (χ1) is 12.5. The Morgan fingerprint density at radius 2 is 1.77 bits per heavy atom. The van der Waals surface area contributed by atoms with Gasteiger partial charge in [0.15, 0.2) is 0 Å². The molecule has 0 radical (unpaired) electrons. The minimum atomic E-state index is -0.653. The molecule has 6 heteroatoms. The summed E-state index contributed by atoms with van der Waals surface area (Å²) in [6.07, 6.45) is -0.653. The highest BCUT2D eigenvalue weighted by atomic mass is 16.5. The number of amides is 2. The molecule has 0 saturated carbocycles. The summed E-state index contributed by atoms with van der Waals surface area (Å²) in [6, 6.07) is 16.3. The molecule has 0 unspecified atom stereocenters. The molecule has 0 aliphatic heterocycles. The van der Waals surface area contributed by atoms with Crippen molar-refractivity contribution in [3.05, 3.63) is 60.2 Å². The summed E-state index contributed by atoms with van der Waals surface area (Å²) in [4.78, 5) is 14.2. The maximum absolute atomic E-state index is 12.2. The number of aliphatic hydroxyl groups is 1. The quantitative estimate of drug-likeness (QED) is 0.679. The lowest BCUT2D eigenvalue weighted by molar-refractivity contribution is 0.0911. The minimum absolute atomic E-state index is 0.131. The lowest BCUT2D eigenvalue weighted by Gasteiger charge is -2.26. The summed E-state index contributed by atoms with van der Waals surface area (Å²) in [7, 11) is 5.49. The van der Waals surface area contributed by atoms with E-state index >= 15 is 0 Å². The number of ether oxygens (including phenoxy) is 1. The van der Waals surface area contributed by atoms with Crippen molar-refractivity contribution >= 4 is 11.7 Å². The number of methoxy groups -OCH3 is 1. The monoisotopic (exact) mass is 357 g/mol. The summed E-state index contributed by atoms with van der Waals surface area (Å²) < 4.78 is 5.10. The van der Waals surface area contributed by atoms with E-state index in [0.29, 0.717) is 18.8 Å². The van der Waals surface area contributed by atoms with E-state index in [9.17, 15) is 9.90 Å². The largest absolute Gasteiger partial charge is 0.497 e. The Balaban J connectivity index is 1.93. The Hall–Kier alpha value is -2.57. The number of carbonyl (C=O) groups is 1. The Bertz CT molecular complexity index is 674. The van der Waals surface area contributed by atoms with Gasteiger partial charge in [-0.15, -0.1) is 0 Å². The van der Waals surface area contributed by atoms with E-state index in [1.54, 1.807) is 31.4 Å². The summed E-state index contributed by atoms with van der Waals surface area (Å²) >= 11 is 0. The highest BCUT2D eigenvalue weighted by molar-refractivity contribution is 5.89. The molecular formula is C20H27N3O3. The highest BCUT2D eigenvalue weighted by Gasteiger charge is 2.22. The maximum Gasteiger partial charge on any atom is 0.319 e. The Labute approximate surface area is 154 Å². The smallest absolute Gasteiger partial charge is 0.319 e. The molecule has 2 aromatic carbocycles. The van der Waals surface area contributed by atoms with Crippen LogP contribution in [0.15, 0.2) is 54.6 Å². The second kappa shape index (κ2) is 9.79. The van der Waals surface area contributed by atoms with Crippen LogP contribution in [0.25, 0.3) is 0 Å². The minimum Gasteiger partial charge on any atom is -0.497 e. The number of aliphatic hydroxyl groups excluding tert-OH is 1. The number of carbonyl (C=O) groups excluding carboxylic acids is 1. The molecule has 0 spiro atoms. The second-order valence-corrected chi connectivity index (χ2v) is 6.44. The lowest BCUT2D eigenvalue weighted by Crippen LogP contribution is -2.39. The fourth-order valence-corrected chi connectivity index (χ4v) is 2.74. The molecule has 140 valence electrons. The Morgan fingerprint density at radius 1 is 1.12 bits per heavy atom. The van der Waals surface area contributed by atoms with Gasteiger partial charge >= 0.3 is 6.03 Å². The number of nitrogens with zero attached hydrogens (tertiary/aromatic N) is 1. The van der Waals surface area contributed by atoms with Crippen LogP contribution in [0, 0.1) is 5.92 Å². The van der Waals surface area contributed by atoms with Gasteiger partial charge in [0.25, 0.3) is 0 Å². The molecule has 0 aromatic heterocycles. The first-order valence-corrected chi connectivity index (χ1v) is 8.56. The van der Waals surface area contributed by atoms with Gasteiger partial charge in [0.1, 0.15) is 5.75 Å². The van der Waals surface area contributed by atoms with Crippen molar-refractivity contribution in [2.24, 2.45) is 5.92 Å². The molecule has 0 aliphatic carbocycles. The summed E-state index contributed by atoms with van der Waals surface area (Å²) in [5.41, 5.74) is 1.52. The van der Waals surface area contributed by atoms with Crippen LogP contribution >= 0.6 is 0 Å². The fourth-order valence-electron chi connectivity index (χ4n) is 2.74. The normalized spacial score (nSPS) is 13.1. The zero-order chi connectivity index (χ0) is 18.9. The van der Waals surface area contributed by atoms with Crippen LogP contribution in [-0.4, -0.2) is 50.3 Å². The number of urea groups is 1. The van der Waals surface area contributed by atoms with Gasteiger partial charge in [-0.2, -0.15) is 0 Å². The number of benzene rings is 2. The van der Waals surface area contributed by atoms with Crippen LogP contribution in [-0.2, 0) is 0 Å². The van der Waals surface area contributed by atoms with Gasteiger partial charge in [0.2, 0.25) is 0 Å². The second-order valence-electron chi connectivity index (χ2n) is 6.44. The molecule has 0 aliphatic rings. The maximum atomic E-state index is 12.2. The van der Waals surface area contributed by atoms with E-state index in [-0.39, 0.29) is 11.9 Å². The molecule has 0 saturated heterocycles. The average molecular weight is 357 g/mol. The van der Waals surface area contributed by atoms with Gasteiger partial charge in [-0.1, -0.05) is 30.3 Å². The molecule has 2 aromatic rings. The zero-order valence-corrected chi connectivity index (χ0v) is 15.5. The molecule has 0 heterocycles. The van der Waals surface area contributed by atoms with Crippen LogP contribution in [0.4, 0.5) is 10.5 Å². The molecule has 6 nitrogen and oxygen atoms in total. The Morgan fingerprint density at radius 3 is 2.35 bits per heavy atom. The molecule has 3 N–H and O–H groups in total. The van der Waals surface area contributed by atoms with Gasteiger partial charge in [-0.3, -0.25) is 0 Å². The molecule has 2 amide bonds. The molecule has 0 fully saturated rings. The van der Waals surface area contributed by atoms with E-state index in [1.165, 1.54) is 0 Å². The molecule has 26 heavy (non-hydrogen) atoms. The van der Waals surface area contributed by atoms with Crippen molar-refractivity contribution in [1.82, 2.24) is 10.2 Å². The standard InChI is InChI=1S/C20H27N3O3/c1-23(2)14-16(19(24)15-7-5-4-6-8-15)13-21-20(25)22-17-9-11-18(26-3)12-10-17/h4-12,16,19,24H,13-14H2,1-3H3,(H2,21,22,25)/t16-,19+/m0/s1. The third-order valence-electron chi connectivity index (χ3n) is 4.06. The van der Waals surface area contributed by atoms with Crippen molar-refractivity contribution in [1.29, 1.82) is 0 Å². The predicted octanol–water partition coefficient (Wildman–Crippen LogP) is 2.73. The van der Waals surface area contributed by atoms with E-state index in [2.05, 4.69) is 10.6 Å². The first-order valence-electron chi connectivity index (χ1n) is 8.56. The highest BCUT2D eigenvalue weighted by Crippen LogP contribution is 2.22. The van der Waals surface area contributed by atoms with Crippen molar-refractivity contribution < 1.29 is 14.6 Å². The topological polar surface area (TPSA) is 73.8 Å². The Kier molecular flexibility index (Phi) is 7.44. The van der Waals surface area contributed by atoms with Crippen LogP contribution < -0.4 is 15.4 Å². The van der Waals surface area contributed by atoms with Crippen molar-refractivity contribution in [2.75, 3.05) is 39.6 Å². The summed E-state index contributed by atoms with van der Waals surface area (Å²) in [5, 5.41) is 16.3. The molecule has 2 rings (SSSR count). The molecular weight excluding hydrogens is 330 g/mol. The lowest BCUT2D eigenvalue weighted by atomic mass is 9.95. The SMILES string of the molecule is COc1ccc(NC(=O)NC[C@@H](CN(C)C)[C@H](O)c2ccccc2)cc1. The first kappa shape index (κ1) is 19.8. The number of rotatable bonds is 8. The van der Waals surface area contributed by atoms with Gasteiger partial charge in [0.05, 0.1) is 13.2 Å². The predicted molar refractivity (Wildman–Crippen MR) is 103 cm³/mol. The fraction of sp³-hybridized carbons (Fsp3) is 0.350. The van der Waals surface area contributed by atoms with Crippen molar-refractivity contribution in [2.45, 2.75) is 6.10 Å².